The van der Waals surface area contributed by atoms with Crippen LogP contribution in [0, 0.1) is 0 Å². The van der Waals surface area contributed by atoms with Crippen LogP contribution in [-0.4, -0.2) is 80.7 Å². The number of piperazine rings is 1. The molecule has 1 saturated carbocycles. The SMILES string of the molecule is CCNC(=NCCOC1CCCCCC1)N1CCN(S(=O)(=O)Cc2ccon2)CC1.I. The zero-order chi connectivity index (χ0) is 21.2. The summed E-state index contributed by atoms with van der Waals surface area (Å²) in [6, 6.07) is 1.58. The Morgan fingerprint density at radius 1 is 1.23 bits per heavy atom. The molecule has 0 bridgehead atoms. The van der Waals surface area contributed by atoms with E-state index in [0.29, 0.717) is 51.1 Å². The second-order valence-electron chi connectivity index (χ2n) is 7.85. The van der Waals surface area contributed by atoms with E-state index in [1.54, 1.807) is 6.07 Å². The van der Waals surface area contributed by atoms with Crippen molar-refractivity contribution in [1.29, 1.82) is 0 Å². The van der Waals surface area contributed by atoms with Gasteiger partial charge in [-0.05, 0) is 19.8 Å². The smallest absolute Gasteiger partial charge is 0.220 e. The summed E-state index contributed by atoms with van der Waals surface area (Å²) in [5.74, 6) is 0.700. The molecule has 0 spiro atoms. The highest BCUT2D eigenvalue weighted by molar-refractivity contribution is 14.0. The molecule has 1 aliphatic carbocycles. The van der Waals surface area contributed by atoms with E-state index in [0.717, 1.165) is 25.3 Å². The highest BCUT2D eigenvalue weighted by atomic mass is 127. The summed E-state index contributed by atoms with van der Waals surface area (Å²) >= 11 is 0. The van der Waals surface area contributed by atoms with E-state index in [-0.39, 0.29) is 29.7 Å². The third-order valence-electron chi connectivity index (χ3n) is 5.60. The summed E-state index contributed by atoms with van der Waals surface area (Å²) in [6.45, 7) is 6.13. The van der Waals surface area contributed by atoms with Gasteiger partial charge in [-0.3, -0.25) is 4.99 Å². The van der Waals surface area contributed by atoms with Crippen molar-refractivity contribution < 1.29 is 17.7 Å². The summed E-state index contributed by atoms with van der Waals surface area (Å²) in [7, 11) is -3.40. The quantitative estimate of drug-likeness (QED) is 0.169. The maximum Gasteiger partial charge on any atom is 0.220 e. The molecule has 0 unspecified atom stereocenters. The fourth-order valence-electron chi connectivity index (χ4n) is 3.97. The second kappa shape index (κ2) is 13.6. The molecule has 1 saturated heterocycles. The zero-order valence-corrected chi connectivity index (χ0v) is 21.5. The van der Waals surface area contributed by atoms with Gasteiger partial charge < -0.3 is 19.5 Å². The fraction of sp³-hybridized carbons (Fsp3) is 0.800. The van der Waals surface area contributed by atoms with E-state index >= 15 is 0 Å². The van der Waals surface area contributed by atoms with Gasteiger partial charge in [0.25, 0.3) is 0 Å². The van der Waals surface area contributed by atoms with E-state index in [4.69, 9.17) is 14.3 Å². The Hall–Kier alpha value is -0.920. The van der Waals surface area contributed by atoms with Crippen LogP contribution in [-0.2, 0) is 20.5 Å². The van der Waals surface area contributed by atoms with Crippen molar-refractivity contribution in [2.75, 3.05) is 45.9 Å². The van der Waals surface area contributed by atoms with Crippen LogP contribution in [0.4, 0.5) is 0 Å². The fourth-order valence-corrected chi connectivity index (χ4v) is 5.40. The van der Waals surface area contributed by atoms with E-state index in [2.05, 4.69) is 15.4 Å². The Labute approximate surface area is 203 Å². The van der Waals surface area contributed by atoms with E-state index < -0.39 is 10.0 Å². The van der Waals surface area contributed by atoms with Crippen molar-refractivity contribution in [3.63, 3.8) is 0 Å². The molecule has 0 aromatic carbocycles. The highest BCUT2D eigenvalue weighted by Gasteiger charge is 2.29. The van der Waals surface area contributed by atoms with Gasteiger partial charge in [0.2, 0.25) is 10.0 Å². The van der Waals surface area contributed by atoms with Crippen LogP contribution in [0.2, 0.25) is 0 Å². The standard InChI is InChI=1S/C20H35N5O4S.HI/c1-2-21-20(22-10-16-28-19-7-5-3-4-6-8-19)24-11-13-25(14-12-24)30(26,27)17-18-9-15-29-23-18;/h9,15,19H,2-8,10-14,16-17H2,1H3,(H,21,22);1H. The largest absolute Gasteiger partial charge is 0.376 e. The molecule has 0 amide bonds. The van der Waals surface area contributed by atoms with Crippen molar-refractivity contribution in [3.05, 3.63) is 18.0 Å². The number of halogens is 1. The van der Waals surface area contributed by atoms with Crippen LogP contribution in [0.25, 0.3) is 0 Å². The summed E-state index contributed by atoms with van der Waals surface area (Å²) in [5, 5.41) is 7.03. The average Bonchev–Trinajstić information content (AvgIpc) is 3.10. The number of hydrogen-bond acceptors (Lipinski definition) is 6. The zero-order valence-electron chi connectivity index (χ0n) is 18.4. The lowest BCUT2D eigenvalue weighted by atomic mass is 10.1. The summed E-state index contributed by atoms with van der Waals surface area (Å²) < 4.78 is 37.5. The molecule has 11 heteroatoms. The molecule has 1 N–H and O–H groups in total. The summed E-state index contributed by atoms with van der Waals surface area (Å²) in [4.78, 5) is 6.83. The number of sulfonamides is 1. The summed E-state index contributed by atoms with van der Waals surface area (Å²) in [6.07, 6.45) is 9.26. The van der Waals surface area contributed by atoms with Gasteiger partial charge in [-0.25, -0.2) is 8.42 Å². The third-order valence-corrected chi connectivity index (χ3v) is 7.41. The molecule has 1 aromatic rings. The Morgan fingerprint density at radius 3 is 2.55 bits per heavy atom. The van der Waals surface area contributed by atoms with Gasteiger partial charge in [-0.1, -0.05) is 30.8 Å². The van der Waals surface area contributed by atoms with Crippen LogP contribution in [0.15, 0.2) is 21.8 Å². The number of ether oxygens (including phenoxy) is 1. The second-order valence-corrected chi connectivity index (χ2v) is 9.82. The van der Waals surface area contributed by atoms with E-state index in [1.807, 2.05) is 6.92 Å². The molecule has 31 heavy (non-hydrogen) atoms. The Bertz CT molecular complexity index is 744. The first-order valence-electron chi connectivity index (χ1n) is 11.1. The lowest BCUT2D eigenvalue weighted by molar-refractivity contribution is 0.0486. The topological polar surface area (TPSA) is 100 Å². The van der Waals surface area contributed by atoms with Gasteiger partial charge in [0.05, 0.1) is 24.9 Å². The normalized spacial score (nSPS) is 19.6. The predicted molar refractivity (Wildman–Crippen MR) is 131 cm³/mol. The molecular formula is C20H36IN5O4S. The van der Waals surface area contributed by atoms with Gasteiger partial charge >= 0.3 is 0 Å². The lowest BCUT2D eigenvalue weighted by Crippen LogP contribution is -2.54. The first-order chi connectivity index (χ1) is 14.6. The summed E-state index contributed by atoms with van der Waals surface area (Å²) in [5.41, 5.74) is 0.431. The first kappa shape index (κ1) is 26.3. The molecule has 0 radical (unpaired) electrons. The van der Waals surface area contributed by atoms with E-state index in [1.165, 1.54) is 36.3 Å². The Balaban J connectivity index is 0.00000341. The van der Waals surface area contributed by atoms with Crippen LogP contribution >= 0.6 is 24.0 Å². The van der Waals surface area contributed by atoms with Crippen molar-refractivity contribution in [3.8, 4) is 0 Å². The number of guanidine groups is 1. The minimum atomic E-state index is -3.40. The average molecular weight is 570 g/mol. The molecule has 1 aliphatic heterocycles. The van der Waals surface area contributed by atoms with Crippen LogP contribution < -0.4 is 5.32 Å². The molecule has 178 valence electrons. The molecule has 0 atom stereocenters. The minimum Gasteiger partial charge on any atom is -0.376 e. The number of aromatic nitrogens is 1. The predicted octanol–water partition coefficient (Wildman–Crippen LogP) is 2.44. The molecule has 1 aromatic heterocycles. The third kappa shape index (κ3) is 8.50. The van der Waals surface area contributed by atoms with Gasteiger partial charge in [-0.2, -0.15) is 4.31 Å². The van der Waals surface area contributed by atoms with Gasteiger partial charge in [0.1, 0.15) is 12.0 Å². The van der Waals surface area contributed by atoms with Crippen molar-refractivity contribution >= 4 is 40.0 Å². The molecule has 2 heterocycles. The van der Waals surface area contributed by atoms with E-state index in [9.17, 15) is 8.42 Å². The highest BCUT2D eigenvalue weighted by Crippen LogP contribution is 2.19. The maximum atomic E-state index is 12.6. The Kier molecular flexibility index (Phi) is 11.5. The number of hydrogen-bond donors (Lipinski definition) is 1. The van der Waals surface area contributed by atoms with Crippen molar-refractivity contribution in [1.82, 2.24) is 19.7 Å². The lowest BCUT2D eigenvalue weighted by Gasteiger charge is -2.35. The number of aliphatic imine (C=N–C) groups is 1. The molecule has 2 fully saturated rings. The van der Waals surface area contributed by atoms with Gasteiger partial charge in [0.15, 0.2) is 5.96 Å². The molecule has 9 nitrogen and oxygen atoms in total. The van der Waals surface area contributed by atoms with Crippen LogP contribution in [0.3, 0.4) is 0 Å². The molecule has 2 aliphatic rings. The number of nitrogens with zero attached hydrogens (tertiary/aromatic N) is 4. The Morgan fingerprint density at radius 2 is 1.94 bits per heavy atom. The maximum absolute atomic E-state index is 12.6. The molecular weight excluding hydrogens is 533 g/mol. The van der Waals surface area contributed by atoms with Crippen LogP contribution in [0.5, 0.6) is 0 Å². The monoisotopic (exact) mass is 569 g/mol. The minimum absolute atomic E-state index is 0. The van der Waals surface area contributed by atoms with Crippen LogP contribution in [0.1, 0.15) is 51.1 Å². The number of nitrogens with one attached hydrogen (secondary N) is 1. The van der Waals surface area contributed by atoms with Crippen molar-refractivity contribution in [2.24, 2.45) is 4.99 Å². The van der Waals surface area contributed by atoms with Crippen molar-refractivity contribution in [2.45, 2.75) is 57.3 Å². The van der Waals surface area contributed by atoms with Gasteiger partial charge in [-0.15, -0.1) is 24.0 Å². The van der Waals surface area contributed by atoms with Gasteiger partial charge in [0, 0.05) is 38.8 Å². The number of rotatable bonds is 8. The molecule has 3 rings (SSSR count). The first-order valence-corrected chi connectivity index (χ1v) is 12.7.